The number of carbonyl (C=O) groups is 1. The first-order valence-electron chi connectivity index (χ1n) is 5.73. The SMILES string of the molecule is COCCNC(=O)CN(C)c1ncc(N)cc1C. The van der Waals surface area contributed by atoms with Crippen LogP contribution in [0, 0.1) is 6.92 Å². The van der Waals surface area contributed by atoms with Gasteiger partial charge in [-0.15, -0.1) is 0 Å². The topological polar surface area (TPSA) is 80.5 Å². The number of likely N-dealkylation sites (N-methyl/N-ethyl adjacent to an activating group) is 1. The highest BCUT2D eigenvalue weighted by Crippen LogP contribution is 2.17. The lowest BCUT2D eigenvalue weighted by molar-refractivity contribution is -0.119. The Morgan fingerprint density at radius 3 is 2.94 bits per heavy atom. The average molecular weight is 252 g/mol. The third kappa shape index (κ3) is 4.21. The minimum atomic E-state index is -0.0624. The lowest BCUT2D eigenvalue weighted by Gasteiger charge is -2.19. The molecule has 6 heteroatoms. The molecule has 0 saturated carbocycles. The number of methoxy groups -OCH3 is 1. The molecule has 0 spiro atoms. The largest absolute Gasteiger partial charge is 0.397 e. The molecule has 0 aromatic carbocycles. The molecule has 0 aliphatic heterocycles. The molecule has 3 N–H and O–H groups in total. The van der Waals surface area contributed by atoms with Gasteiger partial charge in [0.15, 0.2) is 0 Å². The van der Waals surface area contributed by atoms with Gasteiger partial charge < -0.3 is 20.7 Å². The van der Waals surface area contributed by atoms with Gasteiger partial charge in [-0.1, -0.05) is 0 Å². The summed E-state index contributed by atoms with van der Waals surface area (Å²) in [6.45, 7) is 3.19. The molecule has 1 rings (SSSR count). The van der Waals surface area contributed by atoms with Crippen molar-refractivity contribution in [3.05, 3.63) is 17.8 Å². The highest BCUT2D eigenvalue weighted by Gasteiger charge is 2.10. The normalized spacial score (nSPS) is 10.2. The van der Waals surface area contributed by atoms with E-state index in [1.807, 2.05) is 20.0 Å². The van der Waals surface area contributed by atoms with E-state index in [0.29, 0.717) is 18.8 Å². The van der Waals surface area contributed by atoms with E-state index in [9.17, 15) is 4.79 Å². The van der Waals surface area contributed by atoms with Crippen LogP contribution in [-0.4, -0.2) is 44.7 Å². The van der Waals surface area contributed by atoms with Crippen LogP contribution in [0.5, 0.6) is 0 Å². The van der Waals surface area contributed by atoms with Crippen molar-refractivity contribution in [2.24, 2.45) is 0 Å². The second-order valence-corrected chi connectivity index (χ2v) is 4.11. The number of aromatic nitrogens is 1. The van der Waals surface area contributed by atoms with Gasteiger partial charge in [0.1, 0.15) is 5.82 Å². The Morgan fingerprint density at radius 1 is 1.61 bits per heavy atom. The zero-order valence-corrected chi connectivity index (χ0v) is 11.1. The van der Waals surface area contributed by atoms with Crippen molar-refractivity contribution in [3.63, 3.8) is 0 Å². The van der Waals surface area contributed by atoms with Crippen molar-refractivity contribution in [1.29, 1.82) is 0 Å². The number of carbonyl (C=O) groups excluding carboxylic acids is 1. The van der Waals surface area contributed by atoms with Crippen LogP contribution in [0.2, 0.25) is 0 Å². The van der Waals surface area contributed by atoms with Crippen molar-refractivity contribution < 1.29 is 9.53 Å². The van der Waals surface area contributed by atoms with Gasteiger partial charge in [-0.2, -0.15) is 0 Å². The summed E-state index contributed by atoms with van der Waals surface area (Å²) in [5.41, 5.74) is 7.20. The van der Waals surface area contributed by atoms with E-state index >= 15 is 0 Å². The molecule has 0 radical (unpaired) electrons. The number of nitrogen functional groups attached to an aromatic ring is 1. The van der Waals surface area contributed by atoms with E-state index in [1.54, 1.807) is 18.2 Å². The summed E-state index contributed by atoms with van der Waals surface area (Å²) in [5.74, 6) is 0.693. The van der Waals surface area contributed by atoms with Gasteiger partial charge in [-0.05, 0) is 18.6 Å². The Bertz CT molecular complexity index is 409. The Kier molecular flexibility index (Phi) is 5.38. The highest BCUT2D eigenvalue weighted by molar-refractivity contribution is 5.81. The minimum Gasteiger partial charge on any atom is -0.397 e. The third-order valence-electron chi connectivity index (χ3n) is 2.44. The number of hydrogen-bond donors (Lipinski definition) is 2. The van der Waals surface area contributed by atoms with Crippen LogP contribution in [0.1, 0.15) is 5.56 Å². The van der Waals surface area contributed by atoms with Crippen molar-refractivity contribution in [2.45, 2.75) is 6.92 Å². The summed E-state index contributed by atoms with van der Waals surface area (Å²) < 4.78 is 4.86. The first kappa shape index (κ1) is 14.2. The van der Waals surface area contributed by atoms with Gasteiger partial charge in [0.25, 0.3) is 0 Å². The Hall–Kier alpha value is -1.82. The number of nitrogens with two attached hydrogens (primary N) is 1. The van der Waals surface area contributed by atoms with E-state index in [0.717, 1.165) is 11.4 Å². The van der Waals surface area contributed by atoms with E-state index < -0.39 is 0 Å². The summed E-state index contributed by atoms with van der Waals surface area (Å²) in [7, 11) is 3.42. The predicted molar refractivity (Wildman–Crippen MR) is 71.5 cm³/mol. The van der Waals surface area contributed by atoms with Gasteiger partial charge in [0, 0.05) is 20.7 Å². The van der Waals surface area contributed by atoms with Crippen LogP contribution in [0.15, 0.2) is 12.3 Å². The van der Waals surface area contributed by atoms with E-state index in [2.05, 4.69) is 10.3 Å². The van der Waals surface area contributed by atoms with Crippen LogP contribution < -0.4 is 16.0 Å². The van der Waals surface area contributed by atoms with Gasteiger partial charge in [0.05, 0.1) is 25.0 Å². The first-order valence-corrected chi connectivity index (χ1v) is 5.73. The summed E-state index contributed by atoms with van der Waals surface area (Å²) in [5, 5.41) is 2.76. The summed E-state index contributed by atoms with van der Waals surface area (Å²) in [4.78, 5) is 17.6. The van der Waals surface area contributed by atoms with Crippen molar-refractivity contribution in [1.82, 2.24) is 10.3 Å². The number of anilines is 2. The van der Waals surface area contributed by atoms with Gasteiger partial charge in [-0.3, -0.25) is 4.79 Å². The number of nitrogens with one attached hydrogen (secondary N) is 1. The number of hydrogen-bond acceptors (Lipinski definition) is 5. The number of amides is 1. The fourth-order valence-electron chi connectivity index (χ4n) is 1.63. The van der Waals surface area contributed by atoms with E-state index in [-0.39, 0.29) is 12.5 Å². The zero-order valence-electron chi connectivity index (χ0n) is 11.1. The molecule has 18 heavy (non-hydrogen) atoms. The molecular weight excluding hydrogens is 232 g/mol. The van der Waals surface area contributed by atoms with Crippen LogP contribution >= 0.6 is 0 Å². The standard InChI is InChI=1S/C12H20N4O2/c1-9-6-10(13)7-15-12(9)16(2)8-11(17)14-4-5-18-3/h6-7H,4-5,8,13H2,1-3H3,(H,14,17). The predicted octanol–water partition coefficient (Wildman–Crippen LogP) is 0.171. The maximum atomic E-state index is 11.6. The lowest BCUT2D eigenvalue weighted by atomic mass is 10.2. The molecule has 0 bridgehead atoms. The smallest absolute Gasteiger partial charge is 0.239 e. The van der Waals surface area contributed by atoms with Gasteiger partial charge in [0.2, 0.25) is 5.91 Å². The van der Waals surface area contributed by atoms with E-state index in [4.69, 9.17) is 10.5 Å². The van der Waals surface area contributed by atoms with Crippen LogP contribution in [0.3, 0.4) is 0 Å². The molecule has 6 nitrogen and oxygen atoms in total. The van der Waals surface area contributed by atoms with E-state index in [1.165, 1.54) is 0 Å². The van der Waals surface area contributed by atoms with Gasteiger partial charge in [-0.25, -0.2) is 4.98 Å². The highest BCUT2D eigenvalue weighted by atomic mass is 16.5. The lowest BCUT2D eigenvalue weighted by Crippen LogP contribution is -2.37. The maximum absolute atomic E-state index is 11.6. The monoisotopic (exact) mass is 252 g/mol. The fraction of sp³-hybridized carbons (Fsp3) is 0.500. The number of rotatable bonds is 6. The molecule has 1 aromatic heterocycles. The number of nitrogens with zero attached hydrogens (tertiary/aromatic N) is 2. The summed E-state index contributed by atoms with van der Waals surface area (Å²) >= 11 is 0. The summed E-state index contributed by atoms with van der Waals surface area (Å²) in [6, 6.07) is 1.83. The van der Waals surface area contributed by atoms with Crippen LogP contribution in [0.4, 0.5) is 11.5 Å². The molecule has 100 valence electrons. The Balaban J connectivity index is 2.54. The molecular formula is C12H20N4O2. The number of ether oxygens (including phenoxy) is 1. The minimum absolute atomic E-state index is 0.0624. The van der Waals surface area contributed by atoms with Crippen LogP contribution in [0.25, 0.3) is 0 Å². The number of pyridine rings is 1. The molecule has 0 aliphatic carbocycles. The second-order valence-electron chi connectivity index (χ2n) is 4.11. The molecule has 1 amide bonds. The second kappa shape index (κ2) is 6.80. The molecule has 1 aromatic rings. The van der Waals surface area contributed by atoms with Crippen molar-refractivity contribution >= 4 is 17.4 Å². The van der Waals surface area contributed by atoms with Gasteiger partial charge >= 0.3 is 0 Å². The fourth-order valence-corrected chi connectivity index (χ4v) is 1.63. The van der Waals surface area contributed by atoms with Crippen molar-refractivity contribution in [2.75, 3.05) is 44.5 Å². The maximum Gasteiger partial charge on any atom is 0.239 e. The Morgan fingerprint density at radius 2 is 2.33 bits per heavy atom. The van der Waals surface area contributed by atoms with Crippen molar-refractivity contribution in [3.8, 4) is 0 Å². The zero-order chi connectivity index (χ0) is 13.5. The number of aryl methyl sites for hydroxylation is 1. The molecule has 0 saturated heterocycles. The Labute approximate surface area is 107 Å². The molecule has 0 aliphatic rings. The quantitative estimate of drug-likeness (QED) is 0.705. The molecule has 0 atom stereocenters. The average Bonchev–Trinajstić information content (AvgIpc) is 2.28. The molecule has 1 heterocycles. The third-order valence-corrected chi connectivity index (χ3v) is 2.44. The molecule has 0 fully saturated rings. The summed E-state index contributed by atoms with van der Waals surface area (Å²) in [6.07, 6.45) is 1.58. The van der Waals surface area contributed by atoms with Crippen LogP contribution in [-0.2, 0) is 9.53 Å². The molecule has 0 unspecified atom stereocenters. The first-order chi connectivity index (χ1) is 8.54.